The number of anilines is 1. The Kier molecular flexibility index (Phi) is 5.25. The van der Waals surface area contributed by atoms with Gasteiger partial charge in [0.15, 0.2) is 0 Å². The highest BCUT2D eigenvalue weighted by atomic mass is 16.5. The smallest absolute Gasteiger partial charge is 0.411 e. The van der Waals surface area contributed by atoms with Crippen LogP contribution in [0.15, 0.2) is 6.07 Å². The van der Waals surface area contributed by atoms with E-state index in [0.717, 1.165) is 24.1 Å². The molecule has 0 unspecified atom stereocenters. The van der Waals surface area contributed by atoms with Crippen LogP contribution in [0.5, 0.6) is 0 Å². The van der Waals surface area contributed by atoms with Crippen molar-refractivity contribution in [3.8, 4) is 0 Å². The molecule has 0 aliphatic heterocycles. The Bertz CT molecular complexity index is 636. The lowest BCUT2D eigenvalue weighted by molar-refractivity contribution is -0.257. The molecular formula is C19H31N2O3+. The first-order chi connectivity index (χ1) is 11.1. The van der Waals surface area contributed by atoms with Crippen molar-refractivity contribution in [1.82, 2.24) is 0 Å². The normalized spacial score (nSPS) is 18.0. The first kappa shape index (κ1) is 18.7. The van der Waals surface area contributed by atoms with Gasteiger partial charge >= 0.3 is 6.09 Å². The van der Waals surface area contributed by atoms with Gasteiger partial charge in [-0.3, -0.25) is 5.32 Å². The molecule has 5 heteroatoms. The zero-order valence-electron chi connectivity index (χ0n) is 15.6. The molecule has 0 radical (unpaired) electrons. The summed E-state index contributed by atoms with van der Waals surface area (Å²) in [5, 5.41) is 12.3. The van der Waals surface area contributed by atoms with Crippen LogP contribution >= 0.6 is 0 Å². The van der Waals surface area contributed by atoms with Crippen molar-refractivity contribution in [3.63, 3.8) is 0 Å². The molecule has 0 bridgehead atoms. The standard InChI is InChI=1S/C19H30N2O3/c1-6-24-17(23)21-14-11-13-15(16(20)12(14)7-10-22)19(4,5)9-8-18(13,2)3/h11,22H,6-10,20H2,1-5H3,(H,21,23)/p+1. The fraction of sp³-hybridized carbons (Fsp3) is 0.632. The molecule has 0 aromatic heterocycles. The molecule has 24 heavy (non-hydrogen) atoms. The van der Waals surface area contributed by atoms with E-state index in [4.69, 9.17) is 4.74 Å². The number of aliphatic hydroxyl groups is 1. The third kappa shape index (κ3) is 3.42. The van der Waals surface area contributed by atoms with Crippen LogP contribution in [-0.4, -0.2) is 24.4 Å². The number of fused-ring (bicyclic) bond motifs is 1. The van der Waals surface area contributed by atoms with Crippen molar-refractivity contribution in [1.29, 1.82) is 0 Å². The van der Waals surface area contributed by atoms with Crippen molar-refractivity contribution in [2.45, 2.75) is 64.7 Å². The van der Waals surface area contributed by atoms with E-state index in [2.05, 4.69) is 44.8 Å². The molecule has 0 fully saturated rings. The number of hydrogen-bond acceptors (Lipinski definition) is 3. The number of nitrogens with one attached hydrogen (secondary N) is 1. The largest absolute Gasteiger partial charge is 0.450 e. The fourth-order valence-electron chi connectivity index (χ4n) is 3.76. The first-order valence-corrected chi connectivity index (χ1v) is 8.71. The van der Waals surface area contributed by atoms with E-state index in [1.807, 2.05) is 0 Å². The Balaban J connectivity index is 2.64. The third-order valence-electron chi connectivity index (χ3n) is 5.20. The number of carbonyl (C=O) groups excluding carboxylic acids is 1. The summed E-state index contributed by atoms with van der Waals surface area (Å²) in [6, 6.07) is 2.06. The molecular weight excluding hydrogens is 304 g/mol. The summed E-state index contributed by atoms with van der Waals surface area (Å²) >= 11 is 0. The van der Waals surface area contributed by atoms with Gasteiger partial charge in [0.25, 0.3) is 0 Å². The van der Waals surface area contributed by atoms with Crippen molar-refractivity contribution < 1.29 is 20.4 Å². The number of rotatable bonds is 4. The summed E-state index contributed by atoms with van der Waals surface area (Å²) < 4.78 is 5.02. The molecule has 1 aliphatic rings. The number of ether oxygens (including phenoxy) is 1. The number of hydrogen-bond donors (Lipinski definition) is 3. The van der Waals surface area contributed by atoms with Gasteiger partial charge in [-0.1, -0.05) is 27.7 Å². The second kappa shape index (κ2) is 6.73. The topological polar surface area (TPSA) is 86.2 Å². The maximum atomic E-state index is 11.9. The lowest BCUT2D eigenvalue weighted by Gasteiger charge is -2.42. The molecule has 0 atom stereocenters. The second-order valence-electron chi connectivity index (χ2n) is 7.89. The van der Waals surface area contributed by atoms with Gasteiger partial charge in [0.05, 0.1) is 12.3 Å². The van der Waals surface area contributed by atoms with Crippen LogP contribution < -0.4 is 11.1 Å². The molecule has 2 rings (SSSR count). The van der Waals surface area contributed by atoms with Crippen molar-refractivity contribution in [2.24, 2.45) is 0 Å². The number of aliphatic hydroxyl groups excluding tert-OH is 1. The van der Waals surface area contributed by atoms with Crippen LogP contribution in [0.25, 0.3) is 0 Å². The van der Waals surface area contributed by atoms with Gasteiger partial charge in [-0.15, -0.1) is 0 Å². The Labute approximate surface area is 144 Å². The Morgan fingerprint density at radius 2 is 1.92 bits per heavy atom. The predicted molar refractivity (Wildman–Crippen MR) is 95.7 cm³/mol. The van der Waals surface area contributed by atoms with Crippen LogP contribution in [0.1, 0.15) is 64.2 Å². The van der Waals surface area contributed by atoms with Crippen molar-refractivity contribution in [2.75, 3.05) is 18.5 Å². The summed E-state index contributed by atoms with van der Waals surface area (Å²) in [6.45, 7) is 11.1. The van der Waals surface area contributed by atoms with E-state index >= 15 is 0 Å². The molecule has 5 nitrogen and oxygen atoms in total. The minimum Gasteiger partial charge on any atom is -0.450 e. The van der Waals surface area contributed by atoms with Gasteiger partial charge in [0.1, 0.15) is 5.69 Å². The molecule has 1 aromatic carbocycles. The Morgan fingerprint density at radius 1 is 1.29 bits per heavy atom. The van der Waals surface area contributed by atoms with Crippen LogP contribution in [0, 0.1) is 0 Å². The van der Waals surface area contributed by atoms with Crippen molar-refractivity contribution in [3.05, 3.63) is 22.8 Å². The fourth-order valence-corrected chi connectivity index (χ4v) is 3.76. The molecule has 0 saturated carbocycles. The first-order valence-electron chi connectivity index (χ1n) is 8.71. The van der Waals surface area contributed by atoms with E-state index in [-0.39, 0.29) is 17.4 Å². The van der Waals surface area contributed by atoms with Gasteiger partial charge in [-0.05, 0) is 42.2 Å². The van der Waals surface area contributed by atoms with E-state index in [9.17, 15) is 9.90 Å². The predicted octanol–water partition coefficient (Wildman–Crippen LogP) is 3.01. The van der Waals surface area contributed by atoms with E-state index in [0.29, 0.717) is 18.7 Å². The average molecular weight is 335 g/mol. The minimum atomic E-state index is -0.469. The average Bonchev–Trinajstić information content (AvgIpc) is 2.47. The van der Waals surface area contributed by atoms with Gasteiger partial charge in [0, 0.05) is 24.2 Å². The molecule has 5 N–H and O–H groups in total. The lowest BCUT2D eigenvalue weighted by Crippen LogP contribution is -2.47. The summed E-state index contributed by atoms with van der Waals surface area (Å²) in [6.07, 6.45) is 2.18. The molecule has 1 aromatic rings. The van der Waals surface area contributed by atoms with Crippen LogP contribution in [0.2, 0.25) is 0 Å². The SMILES string of the molecule is CCOC(=O)Nc1cc2c(c([NH3+])c1CCO)C(C)(C)CCC2(C)C. The monoisotopic (exact) mass is 335 g/mol. The number of amides is 1. The van der Waals surface area contributed by atoms with E-state index in [1.165, 1.54) is 11.1 Å². The Morgan fingerprint density at radius 3 is 2.50 bits per heavy atom. The van der Waals surface area contributed by atoms with Gasteiger partial charge < -0.3 is 15.6 Å². The zero-order chi connectivity index (χ0) is 18.1. The van der Waals surface area contributed by atoms with Crippen LogP contribution in [-0.2, 0) is 22.0 Å². The summed E-state index contributed by atoms with van der Waals surface area (Å²) in [4.78, 5) is 11.9. The summed E-state index contributed by atoms with van der Waals surface area (Å²) in [5.41, 5.74) is 9.42. The van der Waals surface area contributed by atoms with Crippen LogP contribution in [0.3, 0.4) is 0 Å². The zero-order valence-corrected chi connectivity index (χ0v) is 15.6. The Hall–Kier alpha value is -1.59. The molecule has 1 aliphatic carbocycles. The quantitative estimate of drug-likeness (QED) is 0.790. The maximum Gasteiger partial charge on any atom is 0.411 e. The van der Waals surface area contributed by atoms with Crippen LogP contribution in [0.4, 0.5) is 16.2 Å². The van der Waals surface area contributed by atoms with E-state index < -0.39 is 6.09 Å². The van der Waals surface area contributed by atoms with E-state index in [1.54, 1.807) is 6.92 Å². The number of carbonyl (C=O) groups is 1. The maximum absolute atomic E-state index is 11.9. The van der Waals surface area contributed by atoms with Gasteiger partial charge in [0.2, 0.25) is 0 Å². The molecule has 0 heterocycles. The number of benzene rings is 1. The number of quaternary nitrogens is 1. The van der Waals surface area contributed by atoms with Gasteiger partial charge in [-0.2, -0.15) is 0 Å². The van der Waals surface area contributed by atoms with Gasteiger partial charge in [-0.25, -0.2) is 4.79 Å². The summed E-state index contributed by atoms with van der Waals surface area (Å²) in [5.74, 6) is 0. The summed E-state index contributed by atoms with van der Waals surface area (Å²) in [7, 11) is 0. The van der Waals surface area contributed by atoms with Crippen molar-refractivity contribution >= 4 is 17.5 Å². The minimum absolute atomic E-state index is 0.0165. The molecule has 0 saturated heterocycles. The highest BCUT2D eigenvalue weighted by Crippen LogP contribution is 2.50. The molecule has 1 amide bonds. The highest BCUT2D eigenvalue weighted by molar-refractivity contribution is 5.87. The second-order valence-corrected chi connectivity index (χ2v) is 7.89. The highest BCUT2D eigenvalue weighted by Gasteiger charge is 2.41. The molecule has 134 valence electrons. The molecule has 0 spiro atoms. The third-order valence-corrected chi connectivity index (χ3v) is 5.20. The lowest BCUT2D eigenvalue weighted by atomic mass is 9.62.